The second-order valence-electron chi connectivity index (χ2n) is 4.16. The number of likely N-dealkylation sites (N-methyl/N-ethyl adjacent to an activating group) is 1. The molecule has 0 aliphatic rings. The summed E-state index contributed by atoms with van der Waals surface area (Å²) in [5.74, 6) is -0.428. The highest BCUT2D eigenvalue weighted by Crippen LogP contribution is 2.33. The molecule has 0 saturated carbocycles. The van der Waals surface area contributed by atoms with Gasteiger partial charge in [-0.25, -0.2) is 0 Å². The first kappa shape index (κ1) is 15.0. The zero-order valence-electron chi connectivity index (χ0n) is 10.4. The van der Waals surface area contributed by atoms with Gasteiger partial charge in [0.05, 0.1) is 23.7 Å². The fourth-order valence-electron chi connectivity index (χ4n) is 1.44. The molecule has 1 amide bonds. The van der Waals surface area contributed by atoms with Crippen LogP contribution in [0.25, 0.3) is 0 Å². The van der Waals surface area contributed by atoms with Crippen molar-refractivity contribution in [2.24, 2.45) is 0 Å². The van der Waals surface area contributed by atoms with Crippen LogP contribution in [0.15, 0.2) is 18.2 Å². The van der Waals surface area contributed by atoms with E-state index in [0.29, 0.717) is 0 Å². The van der Waals surface area contributed by atoms with Gasteiger partial charge in [-0.05, 0) is 32.3 Å². The van der Waals surface area contributed by atoms with Crippen LogP contribution in [-0.2, 0) is 11.0 Å². The number of halogens is 3. The van der Waals surface area contributed by atoms with Gasteiger partial charge in [0.2, 0.25) is 5.91 Å². The number of nitriles is 1. The van der Waals surface area contributed by atoms with Crippen molar-refractivity contribution >= 4 is 11.6 Å². The number of alkyl halides is 3. The predicted octanol–water partition coefficient (Wildman–Crippen LogP) is 2.08. The van der Waals surface area contributed by atoms with Gasteiger partial charge < -0.3 is 10.2 Å². The van der Waals surface area contributed by atoms with Crippen LogP contribution in [0.5, 0.6) is 0 Å². The third-order valence-corrected chi connectivity index (χ3v) is 2.19. The van der Waals surface area contributed by atoms with E-state index in [2.05, 4.69) is 5.32 Å². The molecule has 102 valence electrons. The van der Waals surface area contributed by atoms with E-state index in [0.717, 1.165) is 12.1 Å². The van der Waals surface area contributed by atoms with E-state index in [1.165, 1.54) is 12.1 Å². The van der Waals surface area contributed by atoms with E-state index >= 15 is 0 Å². The van der Waals surface area contributed by atoms with Gasteiger partial charge in [-0.1, -0.05) is 0 Å². The van der Waals surface area contributed by atoms with Gasteiger partial charge in [0, 0.05) is 5.69 Å². The van der Waals surface area contributed by atoms with Gasteiger partial charge in [0.15, 0.2) is 0 Å². The van der Waals surface area contributed by atoms with Crippen molar-refractivity contribution in [3.63, 3.8) is 0 Å². The molecular weight excluding hydrogens is 259 g/mol. The highest BCUT2D eigenvalue weighted by molar-refractivity contribution is 5.92. The molecule has 7 heteroatoms. The molecule has 0 aliphatic heterocycles. The smallest absolute Gasteiger partial charge is 0.325 e. The van der Waals surface area contributed by atoms with Crippen LogP contribution >= 0.6 is 0 Å². The Morgan fingerprint density at radius 2 is 2.05 bits per heavy atom. The Morgan fingerprint density at radius 3 is 2.53 bits per heavy atom. The first-order valence-corrected chi connectivity index (χ1v) is 5.30. The van der Waals surface area contributed by atoms with E-state index in [1.54, 1.807) is 19.0 Å². The second-order valence-corrected chi connectivity index (χ2v) is 4.16. The molecule has 1 aromatic rings. The SMILES string of the molecule is CN(C)CC(=O)Nc1ccc(C#N)c(C(F)(F)F)c1. The van der Waals surface area contributed by atoms with Crippen LogP contribution in [0.3, 0.4) is 0 Å². The maximum absolute atomic E-state index is 12.7. The maximum atomic E-state index is 12.7. The Balaban J connectivity index is 3.00. The Hall–Kier alpha value is -2.07. The summed E-state index contributed by atoms with van der Waals surface area (Å²) in [5, 5.41) is 11.0. The molecule has 1 N–H and O–H groups in total. The molecule has 1 aromatic carbocycles. The summed E-state index contributed by atoms with van der Waals surface area (Å²) < 4.78 is 38.1. The number of anilines is 1. The second kappa shape index (κ2) is 5.71. The summed E-state index contributed by atoms with van der Waals surface area (Å²) in [6.45, 7) is 0.0569. The van der Waals surface area contributed by atoms with Crippen LogP contribution in [0.2, 0.25) is 0 Å². The van der Waals surface area contributed by atoms with Gasteiger partial charge in [0.25, 0.3) is 0 Å². The van der Waals surface area contributed by atoms with Crippen molar-refractivity contribution in [3.8, 4) is 6.07 Å². The van der Waals surface area contributed by atoms with Crippen molar-refractivity contribution < 1.29 is 18.0 Å². The molecule has 0 aliphatic carbocycles. The monoisotopic (exact) mass is 271 g/mol. The van der Waals surface area contributed by atoms with Gasteiger partial charge in [-0.15, -0.1) is 0 Å². The fourth-order valence-corrected chi connectivity index (χ4v) is 1.44. The average Bonchev–Trinajstić information content (AvgIpc) is 2.26. The van der Waals surface area contributed by atoms with Crippen LogP contribution in [0, 0.1) is 11.3 Å². The molecule has 0 atom stereocenters. The number of nitrogens with one attached hydrogen (secondary N) is 1. The number of carbonyl (C=O) groups excluding carboxylic acids is 1. The minimum Gasteiger partial charge on any atom is -0.325 e. The lowest BCUT2D eigenvalue weighted by Gasteiger charge is -2.13. The van der Waals surface area contributed by atoms with Crippen LogP contribution in [-0.4, -0.2) is 31.4 Å². The predicted molar refractivity (Wildman–Crippen MR) is 63.3 cm³/mol. The van der Waals surface area contributed by atoms with Crippen molar-refractivity contribution in [3.05, 3.63) is 29.3 Å². The summed E-state index contributed by atoms with van der Waals surface area (Å²) in [6, 6.07) is 4.53. The summed E-state index contributed by atoms with van der Waals surface area (Å²) in [5.41, 5.74) is -1.52. The van der Waals surface area contributed by atoms with E-state index in [1.807, 2.05) is 0 Å². The Bertz CT molecular complexity index is 518. The zero-order chi connectivity index (χ0) is 14.6. The third kappa shape index (κ3) is 4.26. The van der Waals surface area contributed by atoms with Crippen molar-refractivity contribution in [1.82, 2.24) is 4.90 Å². The molecule has 1 rings (SSSR count). The first-order chi connectivity index (χ1) is 8.74. The number of carbonyl (C=O) groups is 1. The van der Waals surface area contributed by atoms with E-state index in [9.17, 15) is 18.0 Å². The summed E-state index contributed by atoms with van der Waals surface area (Å²) in [4.78, 5) is 13.0. The summed E-state index contributed by atoms with van der Waals surface area (Å²) in [6.07, 6.45) is -4.63. The molecule has 0 unspecified atom stereocenters. The molecule has 0 heterocycles. The minimum absolute atomic E-state index is 0.0122. The van der Waals surface area contributed by atoms with E-state index in [4.69, 9.17) is 5.26 Å². The molecule has 0 saturated heterocycles. The number of hydrogen-bond acceptors (Lipinski definition) is 3. The maximum Gasteiger partial charge on any atom is 0.417 e. The first-order valence-electron chi connectivity index (χ1n) is 5.30. The zero-order valence-corrected chi connectivity index (χ0v) is 10.4. The minimum atomic E-state index is -4.63. The fraction of sp³-hybridized carbons (Fsp3) is 0.333. The number of nitrogens with zero attached hydrogens (tertiary/aromatic N) is 2. The van der Waals surface area contributed by atoms with Crippen molar-refractivity contribution in [1.29, 1.82) is 5.26 Å². The molecule has 0 spiro atoms. The number of amides is 1. The highest BCUT2D eigenvalue weighted by atomic mass is 19.4. The van der Waals surface area contributed by atoms with Crippen LogP contribution < -0.4 is 5.32 Å². The topological polar surface area (TPSA) is 56.1 Å². The quantitative estimate of drug-likeness (QED) is 0.915. The van der Waals surface area contributed by atoms with Crippen molar-refractivity contribution in [2.45, 2.75) is 6.18 Å². The lowest BCUT2D eigenvalue weighted by Crippen LogP contribution is -2.27. The third-order valence-electron chi connectivity index (χ3n) is 2.19. The standard InChI is InChI=1S/C12H12F3N3O/c1-18(2)7-11(19)17-9-4-3-8(6-16)10(5-9)12(13,14)15/h3-5H,7H2,1-2H3,(H,17,19). The van der Waals surface area contributed by atoms with E-state index < -0.39 is 23.2 Å². The average molecular weight is 271 g/mol. The van der Waals surface area contributed by atoms with Gasteiger partial charge in [-0.2, -0.15) is 18.4 Å². The van der Waals surface area contributed by atoms with E-state index in [-0.39, 0.29) is 12.2 Å². The Morgan fingerprint density at radius 1 is 1.42 bits per heavy atom. The van der Waals surface area contributed by atoms with Crippen molar-refractivity contribution in [2.75, 3.05) is 26.0 Å². The summed E-state index contributed by atoms with van der Waals surface area (Å²) >= 11 is 0. The Kier molecular flexibility index (Phi) is 4.51. The lowest BCUT2D eigenvalue weighted by molar-refractivity contribution is -0.137. The van der Waals surface area contributed by atoms with Crippen LogP contribution in [0.1, 0.15) is 11.1 Å². The molecule has 0 radical (unpaired) electrons. The highest BCUT2D eigenvalue weighted by Gasteiger charge is 2.33. The number of benzene rings is 1. The molecule has 0 fully saturated rings. The van der Waals surface area contributed by atoms with Gasteiger partial charge >= 0.3 is 6.18 Å². The van der Waals surface area contributed by atoms with Gasteiger partial charge in [0.1, 0.15) is 0 Å². The lowest BCUT2D eigenvalue weighted by atomic mass is 10.1. The Labute approximate surface area is 108 Å². The molecule has 4 nitrogen and oxygen atoms in total. The molecule has 0 aromatic heterocycles. The molecule has 0 bridgehead atoms. The van der Waals surface area contributed by atoms with Crippen LogP contribution in [0.4, 0.5) is 18.9 Å². The largest absolute Gasteiger partial charge is 0.417 e. The van der Waals surface area contributed by atoms with Gasteiger partial charge in [-0.3, -0.25) is 4.79 Å². The molecule has 19 heavy (non-hydrogen) atoms. The summed E-state index contributed by atoms with van der Waals surface area (Å²) in [7, 11) is 3.33. The normalized spacial score (nSPS) is 11.2. The number of hydrogen-bond donors (Lipinski definition) is 1. The number of rotatable bonds is 3. The molecular formula is C12H12F3N3O.